The van der Waals surface area contributed by atoms with Gasteiger partial charge in [-0.05, 0) is 37.8 Å². The fraction of sp³-hybridized carbons (Fsp3) is 0.333. The zero-order chi connectivity index (χ0) is 13.6. The first kappa shape index (κ1) is 16.4. The maximum absolute atomic E-state index is 2.25. The minimum atomic E-state index is 1.05. The Morgan fingerprint density at radius 1 is 0.778 bits per heavy atom. The zero-order valence-electron chi connectivity index (χ0n) is 12.2. The standard InChI is InChI=1S/C18H26/c1-5-9-11-13-15-17(8-4)18(14-7-3)16-12-10-6-2/h6,8-16H,5,7H2,1-4H3/b10-6-,11-9-,15-13-,16-12-,17-8+,18-14+. The SMILES string of the molecule is C\C=C/C=C\C(=C/CC)C(\C=C/C=C\CC)=C\C. The number of hydrogen-bond acceptors (Lipinski definition) is 0. The molecule has 0 saturated heterocycles. The molecule has 0 aliphatic heterocycles. The summed E-state index contributed by atoms with van der Waals surface area (Å²) in [5.74, 6) is 0. The lowest BCUT2D eigenvalue weighted by molar-refractivity contribution is 1.20. The van der Waals surface area contributed by atoms with Crippen LogP contribution < -0.4 is 0 Å². The first-order valence-electron chi connectivity index (χ1n) is 6.79. The Bertz CT molecular complexity index is 371. The monoisotopic (exact) mass is 242 g/mol. The molecule has 0 rings (SSSR count). The van der Waals surface area contributed by atoms with E-state index in [1.54, 1.807) is 0 Å². The largest absolute Gasteiger partial charge is 0.0877 e. The van der Waals surface area contributed by atoms with Gasteiger partial charge in [0.1, 0.15) is 0 Å². The quantitative estimate of drug-likeness (QED) is 0.486. The molecule has 0 aromatic carbocycles. The topological polar surface area (TPSA) is 0 Å². The van der Waals surface area contributed by atoms with Gasteiger partial charge in [0.25, 0.3) is 0 Å². The van der Waals surface area contributed by atoms with Crippen LogP contribution in [0.3, 0.4) is 0 Å². The second kappa shape index (κ2) is 11.9. The highest BCUT2D eigenvalue weighted by atomic mass is 14.0. The number of allylic oxidation sites excluding steroid dienone is 12. The van der Waals surface area contributed by atoms with Crippen molar-refractivity contribution in [2.75, 3.05) is 0 Å². The summed E-state index contributed by atoms with van der Waals surface area (Å²) >= 11 is 0. The first-order valence-corrected chi connectivity index (χ1v) is 6.79. The molecular formula is C18H26. The molecule has 18 heavy (non-hydrogen) atoms. The van der Waals surface area contributed by atoms with Crippen LogP contribution in [0.4, 0.5) is 0 Å². The molecule has 0 heterocycles. The summed E-state index contributed by atoms with van der Waals surface area (Å²) in [6.07, 6.45) is 23.4. The Kier molecular flexibility index (Phi) is 10.9. The van der Waals surface area contributed by atoms with Crippen LogP contribution >= 0.6 is 0 Å². The van der Waals surface area contributed by atoms with Crippen LogP contribution in [0.25, 0.3) is 0 Å². The molecule has 0 bridgehead atoms. The van der Waals surface area contributed by atoms with Gasteiger partial charge in [-0.15, -0.1) is 0 Å². The molecule has 0 N–H and O–H groups in total. The maximum Gasteiger partial charge on any atom is -0.0227 e. The van der Waals surface area contributed by atoms with Crippen molar-refractivity contribution in [3.8, 4) is 0 Å². The first-order chi connectivity index (χ1) is 8.79. The molecule has 0 nitrogen and oxygen atoms in total. The summed E-state index contributed by atoms with van der Waals surface area (Å²) in [7, 11) is 0. The van der Waals surface area contributed by atoms with E-state index in [9.17, 15) is 0 Å². The summed E-state index contributed by atoms with van der Waals surface area (Å²) < 4.78 is 0. The Morgan fingerprint density at radius 2 is 1.44 bits per heavy atom. The molecule has 0 atom stereocenters. The van der Waals surface area contributed by atoms with Crippen LogP contribution in [-0.2, 0) is 0 Å². The third-order valence-corrected chi connectivity index (χ3v) is 2.41. The molecule has 0 heteroatoms. The summed E-state index contributed by atoms with van der Waals surface area (Å²) in [6, 6.07) is 0. The molecule has 0 fully saturated rings. The summed E-state index contributed by atoms with van der Waals surface area (Å²) in [6.45, 7) is 8.41. The van der Waals surface area contributed by atoms with Crippen molar-refractivity contribution >= 4 is 0 Å². The van der Waals surface area contributed by atoms with Crippen molar-refractivity contribution in [2.45, 2.75) is 40.5 Å². The van der Waals surface area contributed by atoms with E-state index in [1.807, 2.05) is 13.0 Å². The molecule has 0 unspecified atom stereocenters. The van der Waals surface area contributed by atoms with Crippen LogP contribution in [0.2, 0.25) is 0 Å². The lowest BCUT2D eigenvalue weighted by Gasteiger charge is -2.02. The van der Waals surface area contributed by atoms with E-state index in [2.05, 4.69) is 75.5 Å². The van der Waals surface area contributed by atoms with Gasteiger partial charge < -0.3 is 0 Å². The average Bonchev–Trinajstić information content (AvgIpc) is 2.38. The van der Waals surface area contributed by atoms with Crippen molar-refractivity contribution in [1.82, 2.24) is 0 Å². The molecule has 0 saturated carbocycles. The Hall–Kier alpha value is -1.56. The lowest BCUT2D eigenvalue weighted by atomic mass is 10.0. The van der Waals surface area contributed by atoms with Gasteiger partial charge in [-0.3, -0.25) is 0 Å². The second-order valence-electron chi connectivity index (χ2n) is 3.89. The molecule has 98 valence electrons. The van der Waals surface area contributed by atoms with Gasteiger partial charge in [0.2, 0.25) is 0 Å². The van der Waals surface area contributed by atoms with Crippen molar-refractivity contribution in [1.29, 1.82) is 0 Å². The fourth-order valence-electron chi connectivity index (χ4n) is 1.51. The van der Waals surface area contributed by atoms with E-state index in [1.165, 1.54) is 11.1 Å². The van der Waals surface area contributed by atoms with Crippen LogP contribution in [-0.4, -0.2) is 0 Å². The van der Waals surface area contributed by atoms with Gasteiger partial charge in [0.05, 0.1) is 0 Å². The minimum absolute atomic E-state index is 1.05. The summed E-state index contributed by atoms with van der Waals surface area (Å²) in [5, 5.41) is 0. The molecule has 0 aliphatic rings. The van der Waals surface area contributed by atoms with Crippen LogP contribution in [0.1, 0.15) is 40.5 Å². The van der Waals surface area contributed by atoms with E-state index in [-0.39, 0.29) is 0 Å². The van der Waals surface area contributed by atoms with Crippen molar-refractivity contribution < 1.29 is 0 Å². The zero-order valence-corrected chi connectivity index (χ0v) is 12.2. The van der Waals surface area contributed by atoms with Gasteiger partial charge >= 0.3 is 0 Å². The predicted molar refractivity (Wildman–Crippen MR) is 84.7 cm³/mol. The normalized spacial score (nSPS) is 14.9. The number of hydrogen-bond donors (Lipinski definition) is 0. The third kappa shape index (κ3) is 7.67. The minimum Gasteiger partial charge on any atom is -0.0877 e. The van der Waals surface area contributed by atoms with Crippen LogP contribution in [0.15, 0.2) is 71.9 Å². The van der Waals surface area contributed by atoms with E-state index in [0.717, 1.165) is 12.8 Å². The Morgan fingerprint density at radius 3 is 2.00 bits per heavy atom. The molecule has 0 aromatic heterocycles. The van der Waals surface area contributed by atoms with Crippen molar-refractivity contribution in [2.24, 2.45) is 0 Å². The van der Waals surface area contributed by atoms with Gasteiger partial charge in [-0.25, -0.2) is 0 Å². The lowest BCUT2D eigenvalue weighted by Crippen LogP contribution is -1.83. The predicted octanol–water partition coefficient (Wildman–Crippen LogP) is 5.92. The Balaban J connectivity index is 4.91. The highest BCUT2D eigenvalue weighted by molar-refractivity contribution is 5.47. The van der Waals surface area contributed by atoms with E-state index in [4.69, 9.17) is 0 Å². The van der Waals surface area contributed by atoms with Crippen molar-refractivity contribution in [3.63, 3.8) is 0 Å². The fourth-order valence-corrected chi connectivity index (χ4v) is 1.51. The van der Waals surface area contributed by atoms with E-state index in [0.29, 0.717) is 0 Å². The summed E-state index contributed by atoms with van der Waals surface area (Å²) in [4.78, 5) is 0. The Labute approximate surface area is 113 Å². The summed E-state index contributed by atoms with van der Waals surface area (Å²) in [5.41, 5.74) is 2.54. The average molecular weight is 242 g/mol. The molecule has 0 aromatic rings. The number of rotatable bonds is 7. The van der Waals surface area contributed by atoms with Crippen LogP contribution in [0.5, 0.6) is 0 Å². The van der Waals surface area contributed by atoms with E-state index >= 15 is 0 Å². The highest BCUT2D eigenvalue weighted by Crippen LogP contribution is 2.14. The molecule has 0 amide bonds. The third-order valence-electron chi connectivity index (χ3n) is 2.41. The smallest absolute Gasteiger partial charge is 0.0227 e. The molecule has 0 radical (unpaired) electrons. The van der Waals surface area contributed by atoms with E-state index < -0.39 is 0 Å². The van der Waals surface area contributed by atoms with Gasteiger partial charge in [-0.1, -0.05) is 74.6 Å². The van der Waals surface area contributed by atoms with Crippen molar-refractivity contribution in [3.05, 3.63) is 71.9 Å². The molecule has 0 aliphatic carbocycles. The molecular weight excluding hydrogens is 216 g/mol. The highest BCUT2D eigenvalue weighted by Gasteiger charge is 1.95. The second-order valence-corrected chi connectivity index (χ2v) is 3.89. The van der Waals surface area contributed by atoms with Gasteiger partial charge in [0, 0.05) is 0 Å². The molecule has 0 spiro atoms. The maximum atomic E-state index is 2.25. The van der Waals surface area contributed by atoms with Crippen LogP contribution in [0, 0.1) is 0 Å². The van der Waals surface area contributed by atoms with Gasteiger partial charge in [-0.2, -0.15) is 0 Å². The van der Waals surface area contributed by atoms with Gasteiger partial charge in [0.15, 0.2) is 0 Å².